The average Bonchev–Trinajstić information content (AvgIpc) is 2.06. The molecule has 0 N–H and O–H groups in total. The van der Waals surface area contributed by atoms with E-state index in [1.807, 2.05) is 6.20 Å². The zero-order valence-electron chi connectivity index (χ0n) is 8.01. The molecule has 0 unspecified atom stereocenters. The fraction of sp³-hybridized carbons (Fsp3) is 0.545. The van der Waals surface area contributed by atoms with Gasteiger partial charge in [0.05, 0.1) is 0 Å². The zero-order valence-corrected chi connectivity index (χ0v) is 8.01. The molecule has 1 aromatic rings. The average molecular weight is 163 g/mol. The summed E-state index contributed by atoms with van der Waals surface area (Å²) < 4.78 is 0. The van der Waals surface area contributed by atoms with Crippen LogP contribution < -0.4 is 0 Å². The molecular formula is C11H17N. The van der Waals surface area contributed by atoms with Gasteiger partial charge in [0, 0.05) is 11.9 Å². The molecule has 0 amide bonds. The first-order chi connectivity index (χ1) is 5.86. The van der Waals surface area contributed by atoms with Gasteiger partial charge in [0.1, 0.15) is 0 Å². The molecule has 0 saturated heterocycles. The van der Waals surface area contributed by atoms with Gasteiger partial charge >= 0.3 is 0 Å². The molecule has 12 heavy (non-hydrogen) atoms. The molecule has 0 saturated carbocycles. The summed E-state index contributed by atoms with van der Waals surface area (Å²) in [4.78, 5) is 4.31. The number of nitrogens with zero attached hydrogens (tertiary/aromatic N) is 1. The highest BCUT2D eigenvalue weighted by atomic mass is 14.7. The molecule has 0 aliphatic rings. The molecule has 1 nitrogen and oxygen atoms in total. The van der Waals surface area contributed by atoms with Gasteiger partial charge < -0.3 is 0 Å². The highest BCUT2D eigenvalue weighted by molar-refractivity contribution is 5.16. The first kappa shape index (κ1) is 9.24. The predicted molar refractivity (Wildman–Crippen MR) is 52.2 cm³/mol. The minimum absolute atomic E-state index is 1.11. The second-order valence-electron chi connectivity index (χ2n) is 3.16. The molecular weight excluding hydrogens is 146 g/mol. The van der Waals surface area contributed by atoms with E-state index in [2.05, 4.69) is 31.0 Å². The molecule has 1 heterocycles. The second-order valence-corrected chi connectivity index (χ2v) is 3.16. The Morgan fingerprint density at radius 3 is 2.58 bits per heavy atom. The zero-order chi connectivity index (χ0) is 8.81. The van der Waals surface area contributed by atoms with E-state index in [1.165, 1.54) is 30.5 Å². The number of rotatable bonds is 4. The molecule has 0 spiro atoms. The SMILES string of the molecule is CCCc1ccnc(CCC)c1. The van der Waals surface area contributed by atoms with Gasteiger partial charge in [-0.05, 0) is 30.5 Å². The van der Waals surface area contributed by atoms with Gasteiger partial charge in [-0.15, -0.1) is 0 Å². The van der Waals surface area contributed by atoms with Gasteiger partial charge in [-0.3, -0.25) is 4.98 Å². The van der Waals surface area contributed by atoms with Gasteiger partial charge in [-0.1, -0.05) is 26.7 Å². The minimum Gasteiger partial charge on any atom is -0.261 e. The molecule has 1 rings (SSSR count). The van der Waals surface area contributed by atoms with Crippen LogP contribution in [-0.4, -0.2) is 4.98 Å². The van der Waals surface area contributed by atoms with Crippen molar-refractivity contribution in [1.29, 1.82) is 0 Å². The van der Waals surface area contributed by atoms with E-state index < -0.39 is 0 Å². The van der Waals surface area contributed by atoms with Crippen molar-refractivity contribution in [3.05, 3.63) is 29.6 Å². The molecule has 1 heteroatoms. The van der Waals surface area contributed by atoms with Gasteiger partial charge in [0.2, 0.25) is 0 Å². The van der Waals surface area contributed by atoms with Crippen LogP contribution >= 0.6 is 0 Å². The van der Waals surface area contributed by atoms with Crippen LogP contribution in [0.25, 0.3) is 0 Å². The standard InChI is InChI=1S/C11H17N/c1-3-5-10-7-8-12-11(9-10)6-4-2/h7-9H,3-6H2,1-2H3. The second kappa shape index (κ2) is 4.91. The molecule has 0 atom stereocenters. The van der Waals surface area contributed by atoms with Crippen LogP contribution in [0.1, 0.15) is 37.9 Å². The first-order valence-electron chi connectivity index (χ1n) is 4.80. The van der Waals surface area contributed by atoms with Crippen molar-refractivity contribution in [3.8, 4) is 0 Å². The van der Waals surface area contributed by atoms with Crippen LogP contribution in [0.15, 0.2) is 18.3 Å². The summed E-state index contributed by atoms with van der Waals surface area (Å²) in [6, 6.07) is 4.34. The molecule has 0 aliphatic carbocycles. The molecule has 0 radical (unpaired) electrons. The van der Waals surface area contributed by atoms with Crippen LogP contribution in [0.3, 0.4) is 0 Å². The number of hydrogen-bond acceptors (Lipinski definition) is 1. The summed E-state index contributed by atoms with van der Waals surface area (Å²) >= 11 is 0. The monoisotopic (exact) mass is 163 g/mol. The van der Waals surface area contributed by atoms with E-state index in [0.29, 0.717) is 0 Å². The maximum atomic E-state index is 4.31. The number of aromatic nitrogens is 1. The maximum Gasteiger partial charge on any atom is 0.0406 e. The van der Waals surface area contributed by atoms with E-state index in [1.54, 1.807) is 0 Å². The molecule has 0 aliphatic heterocycles. The van der Waals surface area contributed by atoms with Crippen molar-refractivity contribution >= 4 is 0 Å². The van der Waals surface area contributed by atoms with Crippen LogP contribution in [-0.2, 0) is 12.8 Å². The Kier molecular flexibility index (Phi) is 3.78. The minimum atomic E-state index is 1.11. The van der Waals surface area contributed by atoms with Crippen molar-refractivity contribution in [2.45, 2.75) is 39.5 Å². The predicted octanol–water partition coefficient (Wildman–Crippen LogP) is 2.99. The summed E-state index contributed by atoms with van der Waals surface area (Å²) in [7, 11) is 0. The fourth-order valence-electron chi connectivity index (χ4n) is 1.37. The normalized spacial score (nSPS) is 10.2. The number of hydrogen-bond donors (Lipinski definition) is 0. The van der Waals surface area contributed by atoms with Crippen molar-refractivity contribution < 1.29 is 0 Å². The van der Waals surface area contributed by atoms with Gasteiger partial charge in [0.25, 0.3) is 0 Å². The summed E-state index contributed by atoms with van der Waals surface area (Å²) in [5.74, 6) is 0. The van der Waals surface area contributed by atoms with Crippen LogP contribution in [0.5, 0.6) is 0 Å². The lowest BCUT2D eigenvalue weighted by molar-refractivity contribution is 0.863. The fourth-order valence-corrected chi connectivity index (χ4v) is 1.37. The summed E-state index contributed by atoms with van der Waals surface area (Å²) in [5, 5.41) is 0. The highest BCUT2D eigenvalue weighted by Crippen LogP contribution is 2.06. The summed E-state index contributed by atoms with van der Waals surface area (Å²) in [6.45, 7) is 4.40. The molecule has 1 aromatic heterocycles. The Hall–Kier alpha value is -0.850. The molecule has 0 aromatic carbocycles. The van der Waals surface area contributed by atoms with Crippen molar-refractivity contribution in [1.82, 2.24) is 4.98 Å². The Morgan fingerprint density at radius 2 is 1.92 bits per heavy atom. The van der Waals surface area contributed by atoms with E-state index in [-0.39, 0.29) is 0 Å². The largest absolute Gasteiger partial charge is 0.261 e. The van der Waals surface area contributed by atoms with Crippen molar-refractivity contribution in [2.24, 2.45) is 0 Å². The summed E-state index contributed by atoms with van der Waals surface area (Å²) in [5.41, 5.74) is 2.67. The van der Waals surface area contributed by atoms with Crippen molar-refractivity contribution in [3.63, 3.8) is 0 Å². The van der Waals surface area contributed by atoms with Gasteiger partial charge in [-0.25, -0.2) is 0 Å². The highest BCUT2D eigenvalue weighted by Gasteiger charge is 1.94. The van der Waals surface area contributed by atoms with Crippen LogP contribution in [0.4, 0.5) is 0 Å². The summed E-state index contributed by atoms with van der Waals surface area (Å²) in [6.07, 6.45) is 6.62. The van der Waals surface area contributed by atoms with E-state index >= 15 is 0 Å². The molecule has 0 bridgehead atoms. The van der Waals surface area contributed by atoms with E-state index in [4.69, 9.17) is 0 Å². The topological polar surface area (TPSA) is 12.9 Å². The van der Waals surface area contributed by atoms with Gasteiger partial charge in [0.15, 0.2) is 0 Å². The maximum absolute atomic E-state index is 4.31. The Bertz CT molecular complexity index is 209. The van der Waals surface area contributed by atoms with E-state index in [9.17, 15) is 0 Å². The first-order valence-corrected chi connectivity index (χ1v) is 4.80. The molecule has 66 valence electrons. The lowest BCUT2D eigenvalue weighted by Crippen LogP contribution is -1.91. The third kappa shape index (κ3) is 2.65. The van der Waals surface area contributed by atoms with Crippen LogP contribution in [0.2, 0.25) is 0 Å². The smallest absolute Gasteiger partial charge is 0.0406 e. The Morgan fingerprint density at radius 1 is 1.17 bits per heavy atom. The molecule has 0 fully saturated rings. The number of pyridine rings is 1. The quantitative estimate of drug-likeness (QED) is 0.665. The lowest BCUT2D eigenvalue weighted by Gasteiger charge is -2.01. The third-order valence-electron chi connectivity index (χ3n) is 1.93. The lowest BCUT2D eigenvalue weighted by atomic mass is 10.1. The van der Waals surface area contributed by atoms with E-state index in [0.717, 1.165) is 6.42 Å². The third-order valence-corrected chi connectivity index (χ3v) is 1.93. The van der Waals surface area contributed by atoms with Crippen LogP contribution in [0, 0.1) is 0 Å². The van der Waals surface area contributed by atoms with Crippen molar-refractivity contribution in [2.75, 3.05) is 0 Å². The Balaban J connectivity index is 2.67. The Labute approximate surface area is 74.8 Å². The number of aryl methyl sites for hydroxylation is 2. The van der Waals surface area contributed by atoms with Gasteiger partial charge in [-0.2, -0.15) is 0 Å².